The molecule has 3 fully saturated rings. The molecule has 0 N–H and O–H groups in total. The van der Waals surface area contributed by atoms with Crippen molar-refractivity contribution >= 4 is 34.3 Å². The van der Waals surface area contributed by atoms with Gasteiger partial charge >= 0.3 is 6.03 Å². The lowest BCUT2D eigenvalue weighted by molar-refractivity contribution is -0.121. The third-order valence-electron chi connectivity index (χ3n) is 6.49. The van der Waals surface area contributed by atoms with Crippen LogP contribution in [0.25, 0.3) is 10.8 Å². The van der Waals surface area contributed by atoms with Crippen LogP contribution in [-0.4, -0.2) is 62.5 Å². The van der Waals surface area contributed by atoms with E-state index in [0.717, 1.165) is 4.90 Å². The predicted octanol–water partition coefficient (Wildman–Crippen LogP) is 1.84. The third-order valence-corrected chi connectivity index (χ3v) is 6.49. The number of amides is 4. The molecule has 2 bridgehead atoms. The fourth-order valence-electron chi connectivity index (χ4n) is 5.17. The van der Waals surface area contributed by atoms with E-state index in [1.807, 2.05) is 6.07 Å². The molecule has 3 aliphatic rings. The standard InChI is InChI=1S/C22H16N6O4/c1-11-6-15(25-32-11)20(29)26-10-12-7-17(26)19-21(30)28(22(31)27(12)19)18-9-24-16(8-23)13-4-2-3-5-14(13)18/h2-6,9,12,17,19H,7,10H2,1H3/t12?,17?,19-/m1/s1. The summed E-state index contributed by atoms with van der Waals surface area (Å²) in [5.74, 6) is -0.177. The summed E-state index contributed by atoms with van der Waals surface area (Å²) in [6, 6.07) is 8.80. The van der Waals surface area contributed by atoms with Gasteiger partial charge in [0.15, 0.2) is 5.69 Å². The molecule has 158 valence electrons. The molecule has 2 unspecified atom stereocenters. The van der Waals surface area contributed by atoms with Gasteiger partial charge in [0.05, 0.1) is 24.0 Å². The highest BCUT2D eigenvalue weighted by Gasteiger charge is 2.63. The van der Waals surface area contributed by atoms with Crippen molar-refractivity contribution in [3.05, 3.63) is 53.7 Å². The van der Waals surface area contributed by atoms with E-state index in [1.54, 1.807) is 47.1 Å². The summed E-state index contributed by atoms with van der Waals surface area (Å²) < 4.78 is 5.02. The zero-order valence-electron chi connectivity index (χ0n) is 16.9. The summed E-state index contributed by atoms with van der Waals surface area (Å²) in [6.45, 7) is 2.04. The molecule has 5 heterocycles. The number of pyridine rings is 1. The van der Waals surface area contributed by atoms with E-state index in [4.69, 9.17) is 4.52 Å². The summed E-state index contributed by atoms with van der Waals surface area (Å²) in [7, 11) is 0. The van der Waals surface area contributed by atoms with Gasteiger partial charge in [0, 0.05) is 23.4 Å². The number of likely N-dealkylation sites (tertiary alicyclic amines) is 1. The molecular formula is C22H16N6O4. The van der Waals surface area contributed by atoms with E-state index < -0.39 is 24.0 Å². The van der Waals surface area contributed by atoms with Crippen LogP contribution in [0.15, 0.2) is 41.1 Å². The van der Waals surface area contributed by atoms with Gasteiger partial charge in [-0.3, -0.25) is 9.59 Å². The predicted molar refractivity (Wildman–Crippen MR) is 109 cm³/mol. The Morgan fingerprint density at radius 3 is 2.75 bits per heavy atom. The minimum Gasteiger partial charge on any atom is -0.361 e. The molecular weight excluding hydrogens is 412 g/mol. The molecule has 32 heavy (non-hydrogen) atoms. The Kier molecular flexibility index (Phi) is 3.68. The molecule has 0 radical (unpaired) electrons. The van der Waals surface area contributed by atoms with Crippen LogP contribution >= 0.6 is 0 Å². The van der Waals surface area contributed by atoms with E-state index in [0.29, 0.717) is 35.2 Å². The van der Waals surface area contributed by atoms with Gasteiger partial charge in [-0.15, -0.1) is 0 Å². The smallest absolute Gasteiger partial charge is 0.332 e. The number of urea groups is 1. The Labute approximate surface area is 181 Å². The van der Waals surface area contributed by atoms with Gasteiger partial charge < -0.3 is 14.3 Å². The lowest BCUT2D eigenvalue weighted by atomic mass is 10.1. The topological polar surface area (TPSA) is 124 Å². The van der Waals surface area contributed by atoms with Crippen molar-refractivity contribution < 1.29 is 18.9 Å². The van der Waals surface area contributed by atoms with Crippen LogP contribution in [-0.2, 0) is 4.79 Å². The Bertz CT molecular complexity index is 1370. The first-order chi connectivity index (χ1) is 15.5. The van der Waals surface area contributed by atoms with Crippen LogP contribution in [0, 0.1) is 18.3 Å². The highest BCUT2D eigenvalue weighted by Crippen LogP contribution is 2.43. The number of fused-ring (bicyclic) bond motifs is 6. The lowest BCUT2D eigenvalue weighted by Crippen LogP contribution is -2.54. The van der Waals surface area contributed by atoms with Crippen LogP contribution in [0.3, 0.4) is 0 Å². The summed E-state index contributed by atoms with van der Waals surface area (Å²) in [4.78, 5) is 48.3. The first kappa shape index (κ1) is 18.5. The van der Waals surface area contributed by atoms with Gasteiger partial charge in [-0.25, -0.2) is 14.7 Å². The highest BCUT2D eigenvalue weighted by atomic mass is 16.5. The number of nitrogens with zero attached hydrogens (tertiary/aromatic N) is 6. The number of imide groups is 1. The number of aromatic nitrogens is 2. The van der Waals surface area contributed by atoms with Crippen molar-refractivity contribution in [2.75, 3.05) is 11.4 Å². The summed E-state index contributed by atoms with van der Waals surface area (Å²) in [5, 5.41) is 14.3. The van der Waals surface area contributed by atoms with Crippen LogP contribution in [0.1, 0.15) is 28.4 Å². The number of carbonyl (C=O) groups excluding carboxylic acids is 3. The fourth-order valence-corrected chi connectivity index (χ4v) is 5.17. The Hall–Kier alpha value is -4.26. The van der Waals surface area contributed by atoms with E-state index in [2.05, 4.69) is 10.1 Å². The van der Waals surface area contributed by atoms with Gasteiger partial charge in [0.1, 0.15) is 23.6 Å². The zero-order valence-corrected chi connectivity index (χ0v) is 16.9. The average Bonchev–Trinajstić information content (AvgIpc) is 3.56. The number of anilines is 1. The first-order valence-electron chi connectivity index (χ1n) is 10.2. The number of rotatable bonds is 2. The highest BCUT2D eigenvalue weighted by molar-refractivity contribution is 6.25. The molecule has 4 amide bonds. The number of carbonyl (C=O) groups is 3. The van der Waals surface area contributed by atoms with E-state index in [9.17, 15) is 19.6 Å². The van der Waals surface area contributed by atoms with E-state index in [1.165, 1.54) is 6.20 Å². The van der Waals surface area contributed by atoms with E-state index >= 15 is 0 Å². The maximum absolute atomic E-state index is 13.5. The second kappa shape index (κ2) is 6.37. The zero-order chi connectivity index (χ0) is 22.1. The van der Waals surface area contributed by atoms with Gasteiger partial charge in [-0.1, -0.05) is 29.4 Å². The number of nitriles is 1. The number of hydrogen-bond acceptors (Lipinski definition) is 7. The molecule has 3 atom stereocenters. The number of piperazine rings is 1. The van der Waals surface area contributed by atoms with Crippen molar-refractivity contribution in [3.63, 3.8) is 0 Å². The molecule has 6 rings (SSSR count). The molecule has 0 aliphatic carbocycles. The second-order valence-electron chi connectivity index (χ2n) is 8.19. The Morgan fingerprint density at radius 1 is 1.25 bits per heavy atom. The van der Waals surface area contributed by atoms with Crippen molar-refractivity contribution in [1.82, 2.24) is 19.9 Å². The van der Waals surface area contributed by atoms with Crippen LogP contribution < -0.4 is 4.90 Å². The second-order valence-corrected chi connectivity index (χ2v) is 8.19. The van der Waals surface area contributed by atoms with Crippen LogP contribution in [0.2, 0.25) is 0 Å². The van der Waals surface area contributed by atoms with Crippen LogP contribution in [0.4, 0.5) is 10.5 Å². The third kappa shape index (κ3) is 2.30. The fraction of sp³-hybridized carbons (Fsp3) is 0.273. The SMILES string of the molecule is Cc1cc(C(=O)N2CC3CC2[C@@H]2C(=O)N(c4cnc(C#N)c5ccccc45)C(=O)N32)no1. The van der Waals surface area contributed by atoms with Gasteiger partial charge in [0.2, 0.25) is 0 Å². The van der Waals surface area contributed by atoms with Crippen molar-refractivity contribution in [2.24, 2.45) is 0 Å². The first-order valence-corrected chi connectivity index (χ1v) is 10.2. The molecule has 0 spiro atoms. The monoisotopic (exact) mass is 428 g/mol. The van der Waals surface area contributed by atoms with Crippen molar-refractivity contribution in [2.45, 2.75) is 31.5 Å². The minimum absolute atomic E-state index is 0.192. The average molecular weight is 428 g/mol. The lowest BCUT2D eigenvalue weighted by Gasteiger charge is -2.34. The molecule has 1 aromatic carbocycles. The Morgan fingerprint density at radius 2 is 2.03 bits per heavy atom. The molecule has 0 saturated carbocycles. The minimum atomic E-state index is -0.757. The molecule has 3 aliphatic heterocycles. The number of aryl methyl sites for hydroxylation is 1. The molecule has 10 nitrogen and oxygen atoms in total. The van der Waals surface area contributed by atoms with Gasteiger partial charge in [0.25, 0.3) is 11.8 Å². The molecule has 3 saturated heterocycles. The largest absolute Gasteiger partial charge is 0.361 e. The summed E-state index contributed by atoms with van der Waals surface area (Å²) in [6.07, 6.45) is 1.94. The quantitative estimate of drug-likeness (QED) is 0.571. The maximum atomic E-state index is 13.5. The molecule has 10 heteroatoms. The van der Waals surface area contributed by atoms with Crippen molar-refractivity contribution in [3.8, 4) is 6.07 Å². The van der Waals surface area contributed by atoms with Crippen molar-refractivity contribution in [1.29, 1.82) is 5.26 Å². The molecule has 2 aromatic heterocycles. The van der Waals surface area contributed by atoms with Gasteiger partial charge in [-0.05, 0) is 13.3 Å². The summed E-state index contributed by atoms with van der Waals surface area (Å²) >= 11 is 0. The summed E-state index contributed by atoms with van der Waals surface area (Å²) in [5.41, 5.74) is 0.759. The number of benzene rings is 1. The normalized spacial score (nSPS) is 23.9. The van der Waals surface area contributed by atoms with Crippen LogP contribution in [0.5, 0.6) is 0 Å². The van der Waals surface area contributed by atoms with Gasteiger partial charge in [-0.2, -0.15) is 5.26 Å². The Balaban J connectivity index is 1.38. The molecule has 3 aromatic rings. The van der Waals surface area contributed by atoms with E-state index in [-0.39, 0.29) is 23.3 Å². The maximum Gasteiger partial charge on any atom is 0.332 e. The number of hydrogen-bond donors (Lipinski definition) is 0.